The molecule has 1 unspecified atom stereocenters. The van der Waals surface area contributed by atoms with E-state index in [0.717, 1.165) is 12.2 Å². The molecule has 2 heterocycles. The summed E-state index contributed by atoms with van der Waals surface area (Å²) in [7, 11) is 0. The van der Waals surface area contributed by atoms with E-state index < -0.39 is 0 Å². The lowest BCUT2D eigenvalue weighted by Gasteiger charge is -2.29. The summed E-state index contributed by atoms with van der Waals surface area (Å²) in [5.74, 6) is 0. The van der Waals surface area contributed by atoms with Crippen molar-refractivity contribution in [2.75, 3.05) is 19.6 Å². The molecule has 2 rings (SSSR count). The number of piperidine rings is 1. The number of aromatic nitrogens is 1. The summed E-state index contributed by atoms with van der Waals surface area (Å²) in [6, 6.07) is 0.555. The lowest BCUT2D eigenvalue weighted by molar-refractivity contribution is 0.208. The van der Waals surface area contributed by atoms with Crippen LogP contribution in [0.1, 0.15) is 31.9 Å². The molecule has 0 aliphatic carbocycles. The first-order valence-corrected chi connectivity index (χ1v) is 7.11. The Morgan fingerprint density at radius 3 is 2.94 bits per heavy atom. The Morgan fingerprint density at radius 2 is 2.25 bits per heavy atom. The van der Waals surface area contributed by atoms with Gasteiger partial charge in [-0.3, -0.25) is 0 Å². The van der Waals surface area contributed by atoms with E-state index in [4.69, 9.17) is 0 Å². The Hall–Kier alpha value is -0.450. The zero-order valence-corrected chi connectivity index (χ0v) is 10.8. The SMILES string of the molecule is CC(CN1CCCCC1)NCc1cscn1. The number of nitrogens with one attached hydrogen (secondary N) is 1. The van der Waals surface area contributed by atoms with E-state index in [1.54, 1.807) is 11.3 Å². The maximum atomic E-state index is 4.28. The van der Waals surface area contributed by atoms with Gasteiger partial charge < -0.3 is 10.2 Å². The highest BCUT2D eigenvalue weighted by Gasteiger charge is 2.12. The number of nitrogens with zero attached hydrogens (tertiary/aromatic N) is 2. The molecule has 16 heavy (non-hydrogen) atoms. The maximum absolute atomic E-state index is 4.28. The molecule has 90 valence electrons. The zero-order chi connectivity index (χ0) is 11.2. The fraction of sp³-hybridized carbons (Fsp3) is 0.750. The van der Waals surface area contributed by atoms with E-state index in [0.29, 0.717) is 6.04 Å². The highest BCUT2D eigenvalue weighted by atomic mass is 32.1. The van der Waals surface area contributed by atoms with E-state index in [-0.39, 0.29) is 0 Å². The van der Waals surface area contributed by atoms with Crippen LogP contribution in [-0.2, 0) is 6.54 Å². The van der Waals surface area contributed by atoms with Gasteiger partial charge in [-0.15, -0.1) is 11.3 Å². The number of thiazole rings is 1. The normalized spacial score (nSPS) is 19.8. The number of hydrogen-bond donors (Lipinski definition) is 1. The molecule has 0 saturated carbocycles. The average molecular weight is 239 g/mol. The third kappa shape index (κ3) is 3.85. The average Bonchev–Trinajstić information content (AvgIpc) is 2.81. The van der Waals surface area contributed by atoms with Gasteiger partial charge in [-0.25, -0.2) is 4.98 Å². The highest BCUT2D eigenvalue weighted by molar-refractivity contribution is 7.07. The highest BCUT2D eigenvalue weighted by Crippen LogP contribution is 2.09. The number of likely N-dealkylation sites (tertiary alicyclic amines) is 1. The Balaban J connectivity index is 1.65. The van der Waals surface area contributed by atoms with E-state index in [9.17, 15) is 0 Å². The van der Waals surface area contributed by atoms with Crippen LogP contribution >= 0.6 is 11.3 Å². The fourth-order valence-corrected chi connectivity index (χ4v) is 2.76. The van der Waals surface area contributed by atoms with E-state index >= 15 is 0 Å². The van der Waals surface area contributed by atoms with Gasteiger partial charge in [0.05, 0.1) is 11.2 Å². The van der Waals surface area contributed by atoms with Crippen molar-refractivity contribution in [1.82, 2.24) is 15.2 Å². The maximum Gasteiger partial charge on any atom is 0.0795 e. The van der Waals surface area contributed by atoms with E-state index in [2.05, 4.69) is 27.5 Å². The van der Waals surface area contributed by atoms with Gasteiger partial charge in [-0.05, 0) is 32.9 Å². The molecular formula is C12H21N3S. The molecule has 4 heteroatoms. The van der Waals surface area contributed by atoms with Crippen molar-refractivity contribution in [2.45, 2.75) is 38.8 Å². The van der Waals surface area contributed by atoms with Crippen LogP contribution in [0.2, 0.25) is 0 Å². The van der Waals surface area contributed by atoms with Gasteiger partial charge in [0.15, 0.2) is 0 Å². The number of rotatable bonds is 5. The summed E-state index contributed by atoms with van der Waals surface area (Å²) in [4.78, 5) is 6.85. The van der Waals surface area contributed by atoms with Crippen molar-refractivity contribution >= 4 is 11.3 Å². The number of hydrogen-bond acceptors (Lipinski definition) is 4. The summed E-state index contributed by atoms with van der Waals surface area (Å²) in [6.07, 6.45) is 4.16. The van der Waals surface area contributed by atoms with Gasteiger partial charge in [0.1, 0.15) is 0 Å². The van der Waals surface area contributed by atoms with Crippen molar-refractivity contribution in [2.24, 2.45) is 0 Å². The predicted octanol–water partition coefficient (Wildman–Crippen LogP) is 2.11. The first kappa shape index (κ1) is 12.0. The quantitative estimate of drug-likeness (QED) is 0.853. The van der Waals surface area contributed by atoms with Gasteiger partial charge in [-0.2, -0.15) is 0 Å². The van der Waals surface area contributed by atoms with Crippen LogP contribution in [0.5, 0.6) is 0 Å². The molecule has 0 amide bonds. The lowest BCUT2D eigenvalue weighted by atomic mass is 10.1. The molecule has 1 fully saturated rings. The molecule has 1 saturated heterocycles. The molecule has 3 nitrogen and oxygen atoms in total. The molecule has 0 radical (unpaired) electrons. The molecule has 1 aliphatic heterocycles. The van der Waals surface area contributed by atoms with Gasteiger partial charge in [-0.1, -0.05) is 6.42 Å². The Labute approximate surface area is 102 Å². The summed E-state index contributed by atoms with van der Waals surface area (Å²) >= 11 is 1.67. The van der Waals surface area contributed by atoms with Gasteiger partial charge >= 0.3 is 0 Å². The molecule has 0 bridgehead atoms. The predicted molar refractivity (Wildman–Crippen MR) is 68.7 cm³/mol. The monoisotopic (exact) mass is 239 g/mol. The summed E-state index contributed by atoms with van der Waals surface area (Å²) in [5.41, 5.74) is 3.06. The van der Waals surface area contributed by atoms with Crippen molar-refractivity contribution < 1.29 is 0 Å². The summed E-state index contributed by atoms with van der Waals surface area (Å²) in [5, 5.41) is 5.65. The lowest BCUT2D eigenvalue weighted by Crippen LogP contribution is -2.41. The summed E-state index contributed by atoms with van der Waals surface area (Å²) < 4.78 is 0. The molecule has 1 aromatic heterocycles. The molecule has 1 aromatic rings. The first-order chi connectivity index (χ1) is 7.84. The smallest absolute Gasteiger partial charge is 0.0795 e. The topological polar surface area (TPSA) is 28.2 Å². The Kier molecular flexibility index (Phi) is 4.75. The van der Waals surface area contributed by atoms with Crippen LogP contribution < -0.4 is 5.32 Å². The van der Waals surface area contributed by atoms with E-state index in [1.807, 2.05) is 5.51 Å². The van der Waals surface area contributed by atoms with Gasteiger partial charge in [0.25, 0.3) is 0 Å². The standard InChI is InChI=1S/C12H21N3S/c1-11(8-15-5-3-2-4-6-15)13-7-12-9-16-10-14-12/h9-11,13H,2-8H2,1H3. The van der Waals surface area contributed by atoms with E-state index in [1.165, 1.54) is 38.9 Å². The third-order valence-electron chi connectivity index (χ3n) is 3.10. The van der Waals surface area contributed by atoms with Gasteiger partial charge in [0, 0.05) is 24.5 Å². The van der Waals surface area contributed by atoms with Crippen LogP contribution in [0.25, 0.3) is 0 Å². The zero-order valence-electron chi connectivity index (χ0n) is 9.98. The minimum atomic E-state index is 0.555. The largest absolute Gasteiger partial charge is 0.307 e. The Morgan fingerprint density at radius 1 is 1.44 bits per heavy atom. The Bertz CT molecular complexity index is 280. The second-order valence-electron chi connectivity index (χ2n) is 4.62. The molecule has 1 atom stereocenters. The van der Waals surface area contributed by atoms with Crippen molar-refractivity contribution in [3.8, 4) is 0 Å². The van der Waals surface area contributed by atoms with Crippen LogP contribution in [0.4, 0.5) is 0 Å². The van der Waals surface area contributed by atoms with Gasteiger partial charge in [0.2, 0.25) is 0 Å². The van der Waals surface area contributed by atoms with Crippen LogP contribution in [0, 0.1) is 0 Å². The van der Waals surface area contributed by atoms with Crippen LogP contribution in [0.3, 0.4) is 0 Å². The minimum Gasteiger partial charge on any atom is -0.307 e. The minimum absolute atomic E-state index is 0.555. The fourth-order valence-electron chi connectivity index (χ4n) is 2.20. The molecular weight excluding hydrogens is 218 g/mol. The molecule has 0 spiro atoms. The second kappa shape index (κ2) is 6.33. The van der Waals surface area contributed by atoms with Crippen molar-refractivity contribution in [3.05, 3.63) is 16.6 Å². The first-order valence-electron chi connectivity index (χ1n) is 6.17. The molecule has 1 N–H and O–H groups in total. The third-order valence-corrected chi connectivity index (χ3v) is 3.73. The van der Waals surface area contributed by atoms with Crippen molar-refractivity contribution in [3.63, 3.8) is 0 Å². The molecule has 1 aliphatic rings. The van der Waals surface area contributed by atoms with Crippen LogP contribution in [0.15, 0.2) is 10.9 Å². The second-order valence-corrected chi connectivity index (χ2v) is 5.34. The van der Waals surface area contributed by atoms with Crippen LogP contribution in [-0.4, -0.2) is 35.6 Å². The molecule has 0 aromatic carbocycles. The summed E-state index contributed by atoms with van der Waals surface area (Å²) in [6.45, 7) is 6.90. The van der Waals surface area contributed by atoms with Crippen molar-refractivity contribution in [1.29, 1.82) is 0 Å².